The molecule has 166 valence electrons. The molecule has 2 unspecified atom stereocenters. The SMILES string of the molecule is CCNC(=NCC(C)Oc1cccc(C)c1)NCC1CCN(CC(F)(F)F)C1.I. The van der Waals surface area contributed by atoms with E-state index in [1.807, 2.05) is 45.0 Å². The van der Waals surface area contributed by atoms with E-state index in [1.165, 1.54) is 4.90 Å². The van der Waals surface area contributed by atoms with Crippen molar-refractivity contribution < 1.29 is 17.9 Å². The van der Waals surface area contributed by atoms with Crippen LogP contribution in [0.3, 0.4) is 0 Å². The standard InChI is InChI=1S/C20H31F3N4O.HI/c1-4-24-19(25-11-16(3)28-18-7-5-6-15(2)10-18)26-12-17-8-9-27(13-17)14-20(21,22)23;/h5-7,10,16-17H,4,8-9,11-14H2,1-3H3,(H2,24,25,26);1H. The Morgan fingerprint density at radius 2 is 2.10 bits per heavy atom. The number of rotatable bonds is 8. The van der Waals surface area contributed by atoms with Crippen molar-refractivity contribution in [3.8, 4) is 5.75 Å². The zero-order valence-electron chi connectivity index (χ0n) is 17.3. The van der Waals surface area contributed by atoms with Gasteiger partial charge in [-0.1, -0.05) is 12.1 Å². The molecule has 0 radical (unpaired) electrons. The highest BCUT2D eigenvalue weighted by Crippen LogP contribution is 2.22. The summed E-state index contributed by atoms with van der Waals surface area (Å²) >= 11 is 0. The van der Waals surface area contributed by atoms with Crippen molar-refractivity contribution in [1.82, 2.24) is 15.5 Å². The van der Waals surface area contributed by atoms with Gasteiger partial charge >= 0.3 is 6.18 Å². The minimum atomic E-state index is -4.13. The first-order chi connectivity index (χ1) is 13.2. The highest BCUT2D eigenvalue weighted by atomic mass is 127. The van der Waals surface area contributed by atoms with Crippen LogP contribution in [-0.2, 0) is 0 Å². The largest absolute Gasteiger partial charge is 0.489 e. The first kappa shape index (κ1) is 25.8. The van der Waals surface area contributed by atoms with Crippen LogP contribution in [0.5, 0.6) is 5.75 Å². The Kier molecular flexibility index (Phi) is 11.1. The Hall–Kier alpha value is -1.23. The molecule has 0 aromatic heterocycles. The summed E-state index contributed by atoms with van der Waals surface area (Å²) in [4.78, 5) is 6.01. The lowest BCUT2D eigenvalue weighted by molar-refractivity contribution is -0.143. The van der Waals surface area contributed by atoms with Crippen molar-refractivity contribution >= 4 is 29.9 Å². The summed E-state index contributed by atoms with van der Waals surface area (Å²) < 4.78 is 43.4. The topological polar surface area (TPSA) is 48.9 Å². The molecule has 1 aliphatic rings. The van der Waals surface area contributed by atoms with Gasteiger partial charge in [0.05, 0.1) is 13.1 Å². The number of aliphatic imine (C=N–C) groups is 1. The van der Waals surface area contributed by atoms with Gasteiger partial charge in [0.15, 0.2) is 5.96 Å². The molecule has 0 bridgehead atoms. The minimum Gasteiger partial charge on any atom is -0.489 e. The average Bonchev–Trinajstić information content (AvgIpc) is 3.03. The normalized spacial score (nSPS) is 18.8. The molecule has 0 aliphatic carbocycles. The van der Waals surface area contributed by atoms with E-state index < -0.39 is 12.7 Å². The van der Waals surface area contributed by atoms with Crippen LogP contribution in [0.1, 0.15) is 25.8 Å². The maximum Gasteiger partial charge on any atom is 0.401 e. The van der Waals surface area contributed by atoms with Gasteiger partial charge in [0.1, 0.15) is 11.9 Å². The van der Waals surface area contributed by atoms with Crippen molar-refractivity contribution in [3.63, 3.8) is 0 Å². The molecule has 1 saturated heterocycles. The summed E-state index contributed by atoms with van der Waals surface area (Å²) in [6.45, 7) is 7.87. The smallest absolute Gasteiger partial charge is 0.401 e. The Balaban J connectivity index is 0.00000420. The molecular weight excluding hydrogens is 496 g/mol. The number of halogens is 4. The first-order valence-corrected chi connectivity index (χ1v) is 9.79. The Labute approximate surface area is 188 Å². The molecule has 0 spiro atoms. The second-order valence-corrected chi connectivity index (χ2v) is 7.35. The number of hydrogen-bond donors (Lipinski definition) is 2. The summed E-state index contributed by atoms with van der Waals surface area (Å²) in [6, 6.07) is 7.87. The lowest BCUT2D eigenvalue weighted by Crippen LogP contribution is -2.41. The van der Waals surface area contributed by atoms with Gasteiger partial charge in [-0.15, -0.1) is 24.0 Å². The van der Waals surface area contributed by atoms with Gasteiger partial charge < -0.3 is 15.4 Å². The van der Waals surface area contributed by atoms with Crippen LogP contribution in [0.4, 0.5) is 13.2 Å². The molecule has 2 rings (SSSR count). The van der Waals surface area contributed by atoms with Crippen LogP contribution in [-0.4, -0.2) is 62.4 Å². The second-order valence-electron chi connectivity index (χ2n) is 7.35. The van der Waals surface area contributed by atoms with Gasteiger partial charge in [0.2, 0.25) is 0 Å². The molecule has 2 atom stereocenters. The maximum atomic E-state index is 12.5. The van der Waals surface area contributed by atoms with E-state index in [2.05, 4.69) is 15.6 Å². The predicted octanol–water partition coefficient (Wildman–Crippen LogP) is 3.82. The van der Waals surface area contributed by atoms with Crippen molar-refractivity contribution in [3.05, 3.63) is 29.8 Å². The molecule has 2 N–H and O–H groups in total. The van der Waals surface area contributed by atoms with Crippen molar-refractivity contribution in [2.75, 3.05) is 39.3 Å². The highest BCUT2D eigenvalue weighted by Gasteiger charge is 2.34. The first-order valence-electron chi connectivity index (χ1n) is 9.79. The van der Waals surface area contributed by atoms with Crippen LogP contribution < -0.4 is 15.4 Å². The third kappa shape index (κ3) is 10.4. The lowest BCUT2D eigenvalue weighted by Gasteiger charge is -2.19. The average molecular weight is 528 g/mol. The van der Waals surface area contributed by atoms with Crippen molar-refractivity contribution in [2.45, 2.75) is 39.5 Å². The number of nitrogens with zero attached hydrogens (tertiary/aromatic N) is 2. The number of ether oxygens (including phenoxy) is 1. The van der Waals surface area contributed by atoms with Crippen LogP contribution >= 0.6 is 24.0 Å². The van der Waals surface area contributed by atoms with E-state index in [0.717, 1.165) is 17.7 Å². The third-order valence-electron chi connectivity index (χ3n) is 4.51. The van der Waals surface area contributed by atoms with E-state index in [9.17, 15) is 13.2 Å². The molecular formula is C20H32F3IN4O. The number of hydrogen-bond acceptors (Lipinski definition) is 3. The van der Waals surface area contributed by atoms with Gasteiger partial charge in [-0.05, 0) is 57.4 Å². The Bertz CT molecular complexity index is 642. The Morgan fingerprint density at radius 3 is 2.76 bits per heavy atom. The molecule has 0 amide bonds. The summed E-state index contributed by atoms with van der Waals surface area (Å²) in [7, 11) is 0. The zero-order valence-corrected chi connectivity index (χ0v) is 19.6. The summed E-state index contributed by atoms with van der Waals surface area (Å²) in [6.07, 6.45) is -3.47. The van der Waals surface area contributed by atoms with E-state index in [0.29, 0.717) is 38.7 Å². The van der Waals surface area contributed by atoms with Gasteiger partial charge in [-0.3, -0.25) is 4.90 Å². The molecule has 1 heterocycles. The van der Waals surface area contributed by atoms with Crippen LogP contribution in [0.2, 0.25) is 0 Å². The number of benzene rings is 1. The molecule has 0 saturated carbocycles. The molecule has 1 fully saturated rings. The van der Waals surface area contributed by atoms with Gasteiger partial charge in [0.25, 0.3) is 0 Å². The Morgan fingerprint density at radius 1 is 1.34 bits per heavy atom. The number of guanidine groups is 1. The monoisotopic (exact) mass is 528 g/mol. The van der Waals surface area contributed by atoms with Crippen molar-refractivity contribution in [1.29, 1.82) is 0 Å². The van der Waals surface area contributed by atoms with Gasteiger partial charge in [-0.2, -0.15) is 13.2 Å². The van der Waals surface area contributed by atoms with Crippen LogP contribution in [0.15, 0.2) is 29.3 Å². The summed E-state index contributed by atoms with van der Waals surface area (Å²) in [5, 5.41) is 6.42. The summed E-state index contributed by atoms with van der Waals surface area (Å²) in [5.41, 5.74) is 1.14. The second kappa shape index (κ2) is 12.5. The number of alkyl halides is 3. The number of likely N-dealkylation sites (tertiary alicyclic amines) is 1. The highest BCUT2D eigenvalue weighted by molar-refractivity contribution is 14.0. The predicted molar refractivity (Wildman–Crippen MR) is 121 cm³/mol. The third-order valence-corrected chi connectivity index (χ3v) is 4.51. The van der Waals surface area contributed by atoms with Crippen LogP contribution in [0, 0.1) is 12.8 Å². The van der Waals surface area contributed by atoms with E-state index in [1.54, 1.807) is 0 Å². The van der Waals surface area contributed by atoms with E-state index in [-0.39, 0.29) is 36.0 Å². The van der Waals surface area contributed by atoms with Gasteiger partial charge in [0, 0.05) is 19.6 Å². The molecule has 29 heavy (non-hydrogen) atoms. The lowest BCUT2D eigenvalue weighted by atomic mass is 10.1. The maximum absolute atomic E-state index is 12.5. The van der Waals surface area contributed by atoms with Crippen molar-refractivity contribution in [2.24, 2.45) is 10.9 Å². The fraction of sp³-hybridized carbons (Fsp3) is 0.650. The molecule has 1 aliphatic heterocycles. The fourth-order valence-electron chi connectivity index (χ4n) is 3.24. The molecule has 1 aromatic carbocycles. The van der Waals surface area contributed by atoms with E-state index in [4.69, 9.17) is 4.74 Å². The molecule has 9 heteroatoms. The number of aryl methyl sites for hydroxylation is 1. The molecule has 1 aromatic rings. The molecule has 5 nitrogen and oxygen atoms in total. The number of nitrogens with one attached hydrogen (secondary N) is 2. The van der Waals surface area contributed by atoms with Crippen LogP contribution in [0.25, 0.3) is 0 Å². The zero-order chi connectivity index (χ0) is 20.6. The fourth-order valence-corrected chi connectivity index (χ4v) is 3.24. The minimum absolute atomic E-state index is 0. The van der Waals surface area contributed by atoms with Gasteiger partial charge in [-0.25, -0.2) is 4.99 Å². The van der Waals surface area contributed by atoms with E-state index >= 15 is 0 Å². The quantitative estimate of drug-likeness (QED) is 0.306. The summed E-state index contributed by atoms with van der Waals surface area (Å²) in [5.74, 6) is 1.67.